The summed E-state index contributed by atoms with van der Waals surface area (Å²) in [6, 6.07) is 4.15. The van der Waals surface area contributed by atoms with E-state index < -0.39 is 0 Å². The normalized spacial score (nSPS) is 17.3. The van der Waals surface area contributed by atoms with Crippen molar-refractivity contribution in [1.82, 2.24) is 4.98 Å². The number of aromatic nitrogens is 1. The fourth-order valence-corrected chi connectivity index (χ4v) is 1.81. The summed E-state index contributed by atoms with van der Waals surface area (Å²) in [7, 11) is 0. The first-order valence-electron chi connectivity index (χ1n) is 5.36. The number of pyridine rings is 1. The highest BCUT2D eigenvalue weighted by Gasteiger charge is 2.04. The van der Waals surface area contributed by atoms with Crippen molar-refractivity contribution < 1.29 is 0 Å². The van der Waals surface area contributed by atoms with Gasteiger partial charge >= 0.3 is 0 Å². The third-order valence-corrected chi connectivity index (χ3v) is 2.62. The van der Waals surface area contributed by atoms with Crippen molar-refractivity contribution in [2.24, 2.45) is 4.99 Å². The molecule has 0 saturated heterocycles. The van der Waals surface area contributed by atoms with Gasteiger partial charge in [-0.2, -0.15) is 0 Å². The number of hydrogen-bond donors (Lipinski definition) is 0. The van der Waals surface area contributed by atoms with Crippen LogP contribution in [0.15, 0.2) is 29.5 Å². The molecule has 0 N–H and O–H groups in total. The lowest BCUT2D eigenvalue weighted by atomic mass is 10.1. The first-order chi connectivity index (χ1) is 6.95. The summed E-state index contributed by atoms with van der Waals surface area (Å²) in [6.45, 7) is 1.03. The Hall–Kier alpha value is -1.18. The summed E-state index contributed by atoms with van der Waals surface area (Å²) < 4.78 is 0. The van der Waals surface area contributed by atoms with Gasteiger partial charge in [0.15, 0.2) is 0 Å². The maximum Gasteiger partial charge on any atom is 0.0388 e. The molecule has 2 rings (SSSR count). The van der Waals surface area contributed by atoms with Crippen molar-refractivity contribution in [3.8, 4) is 0 Å². The zero-order valence-electron chi connectivity index (χ0n) is 8.45. The van der Waals surface area contributed by atoms with Crippen LogP contribution in [0.25, 0.3) is 0 Å². The molecule has 14 heavy (non-hydrogen) atoms. The fraction of sp³-hybridized carbons (Fsp3) is 0.500. The van der Waals surface area contributed by atoms with Gasteiger partial charge in [0.25, 0.3) is 0 Å². The Labute approximate surface area is 85.1 Å². The van der Waals surface area contributed by atoms with Crippen molar-refractivity contribution in [1.29, 1.82) is 0 Å². The summed E-state index contributed by atoms with van der Waals surface area (Å²) in [5.41, 5.74) is 2.70. The largest absolute Gasteiger partial charge is 0.294 e. The fourth-order valence-electron chi connectivity index (χ4n) is 1.81. The summed E-state index contributed by atoms with van der Waals surface area (Å²) in [5, 5.41) is 0. The first-order valence-corrected chi connectivity index (χ1v) is 5.36. The predicted molar refractivity (Wildman–Crippen MR) is 58.7 cm³/mol. The minimum absolute atomic E-state index is 1.02. The van der Waals surface area contributed by atoms with E-state index in [9.17, 15) is 0 Å². The van der Waals surface area contributed by atoms with E-state index >= 15 is 0 Å². The van der Waals surface area contributed by atoms with Crippen LogP contribution in [-0.2, 0) is 6.42 Å². The zero-order chi connectivity index (χ0) is 9.64. The molecule has 0 radical (unpaired) electrons. The maximum absolute atomic E-state index is 4.61. The average Bonchev–Trinajstić information content (AvgIpc) is 2.48. The van der Waals surface area contributed by atoms with E-state index in [4.69, 9.17) is 0 Å². The molecule has 0 atom stereocenters. The summed E-state index contributed by atoms with van der Waals surface area (Å²) in [4.78, 5) is 8.63. The van der Waals surface area contributed by atoms with E-state index in [1.54, 1.807) is 0 Å². The lowest BCUT2D eigenvalue weighted by Crippen LogP contribution is -2.02. The molecule has 0 spiro atoms. The predicted octanol–water partition coefficient (Wildman–Crippen LogP) is 2.64. The summed E-state index contributed by atoms with van der Waals surface area (Å²) in [6.07, 6.45) is 9.82. The molecule has 1 aliphatic heterocycles. The third kappa shape index (κ3) is 2.66. The van der Waals surface area contributed by atoms with Crippen LogP contribution in [-0.4, -0.2) is 17.2 Å². The van der Waals surface area contributed by atoms with E-state index in [2.05, 4.69) is 22.1 Å². The average molecular weight is 188 g/mol. The van der Waals surface area contributed by atoms with Crippen LogP contribution in [0.2, 0.25) is 0 Å². The molecule has 2 heteroatoms. The van der Waals surface area contributed by atoms with Crippen molar-refractivity contribution in [3.63, 3.8) is 0 Å². The van der Waals surface area contributed by atoms with Gasteiger partial charge in [-0.1, -0.05) is 6.42 Å². The molecule has 0 fully saturated rings. The van der Waals surface area contributed by atoms with Gasteiger partial charge < -0.3 is 0 Å². The molecule has 0 aromatic carbocycles. The molecule has 74 valence electrons. The Morgan fingerprint density at radius 3 is 2.79 bits per heavy atom. The van der Waals surface area contributed by atoms with Gasteiger partial charge in [0.05, 0.1) is 0 Å². The second-order valence-electron chi connectivity index (χ2n) is 3.79. The molecular weight excluding hydrogens is 172 g/mol. The lowest BCUT2D eigenvalue weighted by Gasteiger charge is -2.03. The van der Waals surface area contributed by atoms with Crippen LogP contribution in [0.3, 0.4) is 0 Å². The summed E-state index contributed by atoms with van der Waals surface area (Å²) >= 11 is 0. The van der Waals surface area contributed by atoms with Gasteiger partial charge in [-0.15, -0.1) is 0 Å². The van der Waals surface area contributed by atoms with Crippen molar-refractivity contribution >= 4 is 5.71 Å². The molecule has 0 unspecified atom stereocenters. The smallest absolute Gasteiger partial charge is 0.0388 e. The highest BCUT2D eigenvalue weighted by atomic mass is 14.7. The number of rotatable bonds is 2. The van der Waals surface area contributed by atoms with Crippen molar-refractivity contribution in [2.75, 3.05) is 6.54 Å². The molecule has 0 aliphatic carbocycles. The molecular formula is C12H16N2. The van der Waals surface area contributed by atoms with E-state index in [1.165, 1.54) is 37.0 Å². The van der Waals surface area contributed by atoms with E-state index in [0.29, 0.717) is 0 Å². The van der Waals surface area contributed by atoms with Gasteiger partial charge in [-0.25, -0.2) is 0 Å². The van der Waals surface area contributed by atoms with Crippen LogP contribution in [0.5, 0.6) is 0 Å². The monoisotopic (exact) mass is 188 g/mol. The van der Waals surface area contributed by atoms with E-state index in [0.717, 1.165) is 13.0 Å². The van der Waals surface area contributed by atoms with E-state index in [-0.39, 0.29) is 0 Å². The molecule has 0 amide bonds. The minimum Gasteiger partial charge on any atom is -0.294 e. The highest BCUT2D eigenvalue weighted by molar-refractivity contribution is 5.86. The van der Waals surface area contributed by atoms with Gasteiger partial charge in [-0.3, -0.25) is 9.98 Å². The van der Waals surface area contributed by atoms with Crippen LogP contribution in [0, 0.1) is 0 Å². The van der Waals surface area contributed by atoms with Gasteiger partial charge in [0.1, 0.15) is 0 Å². The summed E-state index contributed by atoms with van der Waals surface area (Å²) in [5.74, 6) is 0. The quantitative estimate of drug-likeness (QED) is 0.700. The van der Waals surface area contributed by atoms with Gasteiger partial charge in [-0.05, 0) is 37.0 Å². The molecule has 1 aromatic rings. The van der Waals surface area contributed by atoms with Gasteiger partial charge in [0, 0.05) is 31.1 Å². The Morgan fingerprint density at radius 2 is 1.93 bits per heavy atom. The minimum atomic E-state index is 1.02. The van der Waals surface area contributed by atoms with Gasteiger partial charge in [0.2, 0.25) is 0 Å². The van der Waals surface area contributed by atoms with Crippen LogP contribution >= 0.6 is 0 Å². The first kappa shape index (κ1) is 9.38. The molecule has 2 heterocycles. The highest BCUT2D eigenvalue weighted by Crippen LogP contribution is 2.11. The van der Waals surface area contributed by atoms with Crippen LogP contribution in [0.4, 0.5) is 0 Å². The number of nitrogens with zero attached hydrogens (tertiary/aromatic N) is 2. The Kier molecular flexibility index (Phi) is 3.28. The van der Waals surface area contributed by atoms with Crippen LogP contribution < -0.4 is 0 Å². The second-order valence-corrected chi connectivity index (χ2v) is 3.79. The standard InChI is InChI=1S/C12H16N2/c1-2-4-12(14-7-3-1)10-11-5-8-13-9-6-11/h5-6,8-9H,1-4,7,10H2. The Balaban J connectivity index is 1.99. The maximum atomic E-state index is 4.61. The molecule has 1 aromatic heterocycles. The topological polar surface area (TPSA) is 25.2 Å². The molecule has 1 aliphatic rings. The third-order valence-electron chi connectivity index (χ3n) is 2.62. The lowest BCUT2D eigenvalue weighted by molar-refractivity contribution is 0.730. The molecule has 0 bridgehead atoms. The number of hydrogen-bond acceptors (Lipinski definition) is 2. The Morgan fingerprint density at radius 1 is 1.07 bits per heavy atom. The second kappa shape index (κ2) is 4.89. The Bertz CT molecular complexity index is 303. The number of aliphatic imine (C=N–C) groups is 1. The van der Waals surface area contributed by atoms with Crippen molar-refractivity contribution in [3.05, 3.63) is 30.1 Å². The van der Waals surface area contributed by atoms with Crippen molar-refractivity contribution in [2.45, 2.75) is 32.1 Å². The SMILES string of the molecule is c1cc(CC2=NCCCCC2)ccn1. The zero-order valence-corrected chi connectivity index (χ0v) is 8.45. The molecule has 2 nitrogen and oxygen atoms in total. The van der Waals surface area contributed by atoms with E-state index in [1.807, 2.05) is 12.4 Å². The van der Waals surface area contributed by atoms with Crippen LogP contribution in [0.1, 0.15) is 31.2 Å². The molecule has 0 saturated carbocycles.